The summed E-state index contributed by atoms with van der Waals surface area (Å²) in [7, 11) is 0.554. The van der Waals surface area contributed by atoms with Gasteiger partial charge in [0.1, 0.15) is 0 Å². The van der Waals surface area contributed by atoms with Gasteiger partial charge in [0.15, 0.2) is 0 Å². The predicted molar refractivity (Wildman–Crippen MR) is 68.4 cm³/mol. The summed E-state index contributed by atoms with van der Waals surface area (Å²) in [6, 6.07) is 1.69. The molecule has 7 nitrogen and oxygen atoms in total. The van der Waals surface area contributed by atoms with Gasteiger partial charge in [0.2, 0.25) is 0 Å². The molecular weight excluding hydrogens is 272 g/mol. The summed E-state index contributed by atoms with van der Waals surface area (Å²) in [5.41, 5.74) is 0.757. The van der Waals surface area contributed by atoms with Crippen molar-refractivity contribution in [3.8, 4) is 0 Å². The first-order chi connectivity index (χ1) is 8.87. The molecule has 0 aromatic carbocycles. The third-order valence-corrected chi connectivity index (χ3v) is 4.52. The van der Waals surface area contributed by atoms with Crippen LogP contribution in [0.25, 0.3) is 0 Å². The SMILES string of the molecule is COC(=O)CCN(C)S(=O)(=O)N(C)Cc1ccoc1. The van der Waals surface area contributed by atoms with Crippen LogP contribution in [0.1, 0.15) is 12.0 Å². The van der Waals surface area contributed by atoms with Crippen LogP contribution >= 0.6 is 0 Å². The average molecular weight is 290 g/mol. The maximum absolute atomic E-state index is 12.1. The van der Waals surface area contributed by atoms with E-state index in [9.17, 15) is 13.2 Å². The molecule has 0 unspecified atom stereocenters. The number of esters is 1. The number of furan rings is 1. The Kier molecular flexibility index (Phi) is 5.52. The molecule has 0 saturated heterocycles. The van der Waals surface area contributed by atoms with E-state index >= 15 is 0 Å². The van der Waals surface area contributed by atoms with Crippen LogP contribution in [0, 0.1) is 0 Å². The van der Waals surface area contributed by atoms with Crippen LogP contribution in [0.15, 0.2) is 23.0 Å². The maximum atomic E-state index is 12.1. The molecule has 0 spiro atoms. The van der Waals surface area contributed by atoms with Crippen molar-refractivity contribution in [1.29, 1.82) is 0 Å². The highest BCUT2D eigenvalue weighted by molar-refractivity contribution is 7.86. The number of nitrogens with zero attached hydrogens (tertiary/aromatic N) is 2. The van der Waals surface area contributed by atoms with Crippen molar-refractivity contribution in [3.63, 3.8) is 0 Å². The number of rotatable bonds is 7. The lowest BCUT2D eigenvalue weighted by Crippen LogP contribution is -2.40. The standard InChI is InChI=1S/C11H18N2O5S/c1-12(6-4-11(14)17-3)19(15,16)13(2)8-10-5-7-18-9-10/h5,7,9H,4,6,8H2,1-3H3. The molecule has 0 saturated carbocycles. The molecule has 0 aliphatic carbocycles. The summed E-state index contributed by atoms with van der Waals surface area (Å²) in [6.45, 7) is 0.284. The van der Waals surface area contributed by atoms with E-state index in [-0.39, 0.29) is 19.5 Å². The Bertz CT molecular complexity index is 497. The first kappa shape index (κ1) is 15.7. The zero-order valence-corrected chi connectivity index (χ0v) is 12.0. The van der Waals surface area contributed by atoms with Gasteiger partial charge in [-0.1, -0.05) is 0 Å². The van der Waals surface area contributed by atoms with Crippen LogP contribution in [-0.2, 0) is 26.3 Å². The molecule has 19 heavy (non-hydrogen) atoms. The van der Waals surface area contributed by atoms with Crippen LogP contribution in [0.3, 0.4) is 0 Å². The molecule has 1 aromatic heterocycles. The molecule has 0 bridgehead atoms. The molecule has 8 heteroatoms. The summed E-state index contributed by atoms with van der Waals surface area (Å²) < 4.78 is 35.9. The predicted octanol–water partition coefficient (Wildman–Crippen LogP) is 0.451. The topological polar surface area (TPSA) is 80.1 Å². The van der Waals surface area contributed by atoms with E-state index < -0.39 is 16.2 Å². The van der Waals surface area contributed by atoms with Gasteiger partial charge in [-0.05, 0) is 6.07 Å². The van der Waals surface area contributed by atoms with Crippen LogP contribution in [0.2, 0.25) is 0 Å². The summed E-state index contributed by atoms with van der Waals surface area (Å²) >= 11 is 0. The van der Waals surface area contributed by atoms with E-state index in [1.165, 1.54) is 38.0 Å². The van der Waals surface area contributed by atoms with Crippen LogP contribution in [-0.4, -0.2) is 50.7 Å². The number of methoxy groups -OCH3 is 1. The third kappa shape index (κ3) is 4.34. The zero-order valence-electron chi connectivity index (χ0n) is 11.2. The first-order valence-corrected chi connectivity index (χ1v) is 7.03. The molecule has 0 aliphatic heterocycles. The fraction of sp³-hybridized carbons (Fsp3) is 0.545. The third-order valence-electron chi connectivity index (χ3n) is 2.63. The fourth-order valence-corrected chi connectivity index (χ4v) is 2.54. The largest absolute Gasteiger partial charge is 0.472 e. The Hall–Kier alpha value is -1.38. The zero-order chi connectivity index (χ0) is 14.5. The van der Waals surface area contributed by atoms with Gasteiger partial charge >= 0.3 is 5.97 Å². The minimum Gasteiger partial charge on any atom is -0.472 e. The molecule has 108 valence electrons. The van der Waals surface area contributed by atoms with Crippen LogP contribution < -0.4 is 0 Å². The lowest BCUT2D eigenvalue weighted by Gasteiger charge is -2.23. The van der Waals surface area contributed by atoms with Gasteiger partial charge in [-0.25, -0.2) is 0 Å². The second-order valence-electron chi connectivity index (χ2n) is 4.04. The lowest BCUT2D eigenvalue weighted by atomic mass is 10.3. The van der Waals surface area contributed by atoms with Gasteiger partial charge < -0.3 is 9.15 Å². The Morgan fingerprint density at radius 1 is 1.37 bits per heavy atom. The molecule has 0 atom stereocenters. The highest BCUT2D eigenvalue weighted by Gasteiger charge is 2.24. The van der Waals surface area contributed by atoms with E-state index in [1.54, 1.807) is 6.07 Å². The monoisotopic (exact) mass is 290 g/mol. The van der Waals surface area contributed by atoms with E-state index in [2.05, 4.69) is 4.74 Å². The van der Waals surface area contributed by atoms with Crippen molar-refractivity contribution in [2.75, 3.05) is 27.7 Å². The van der Waals surface area contributed by atoms with Crippen LogP contribution in [0.4, 0.5) is 0 Å². The molecule has 1 heterocycles. The summed E-state index contributed by atoms with van der Waals surface area (Å²) in [6.07, 6.45) is 2.99. The van der Waals surface area contributed by atoms with Crippen LogP contribution in [0.5, 0.6) is 0 Å². The van der Waals surface area contributed by atoms with E-state index in [4.69, 9.17) is 4.42 Å². The maximum Gasteiger partial charge on any atom is 0.306 e. The van der Waals surface area contributed by atoms with Gasteiger partial charge in [-0.15, -0.1) is 0 Å². The molecule has 0 amide bonds. The van der Waals surface area contributed by atoms with Gasteiger partial charge in [0.25, 0.3) is 10.2 Å². The van der Waals surface area contributed by atoms with Gasteiger partial charge in [0.05, 0.1) is 26.1 Å². The van der Waals surface area contributed by atoms with Crippen molar-refractivity contribution >= 4 is 16.2 Å². The number of hydrogen-bond acceptors (Lipinski definition) is 5. The summed E-state index contributed by atoms with van der Waals surface area (Å²) in [4.78, 5) is 11.0. The Morgan fingerprint density at radius 3 is 2.58 bits per heavy atom. The van der Waals surface area contributed by atoms with Gasteiger partial charge in [-0.3, -0.25) is 4.79 Å². The van der Waals surface area contributed by atoms with Crippen molar-refractivity contribution < 1.29 is 22.4 Å². The van der Waals surface area contributed by atoms with Crippen molar-refractivity contribution in [3.05, 3.63) is 24.2 Å². The minimum absolute atomic E-state index is 0.0196. The average Bonchev–Trinajstić information content (AvgIpc) is 2.87. The number of hydrogen-bond donors (Lipinski definition) is 0. The van der Waals surface area contributed by atoms with Crippen molar-refractivity contribution in [2.24, 2.45) is 0 Å². The van der Waals surface area contributed by atoms with Crippen molar-refractivity contribution in [2.45, 2.75) is 13.0 Å². The van der Waals surface area contributed by atoms with Crippen molar-refractivity contribution in [1.82, 2.24) is 8.61 Å². The fourth-order valence-electron chi connectivity index (χ4n) is 1.43. The molecule has 0 aliphatic rings. The highest BCUT2D eigenvalue weighted by Crippen LogP contribution is 2.10. The Balaban J connectivity index is 2.60. The molecular formula is C11H18N2O5S. The molecule has 1 rings (SSSR count). The quantitative estimate of drug-likeness (QED) is 0.681. The lowest BCUT2D eigenvalue weighted by molar-refractivity contribution is -0.140. The normalized spacial score (nSPS) is 12.1. The second kappa shape index (κ2) is 6.69. The number of ether oxygens (including phenoxy) is 1. The molecule has 0 fully saturated rings. The molecule has 0 N–H and O–H groups in total. The Morgan fingerprint density at radius 2 is 2.05 bits per heavy atom. The Labute approximate surface area is 112 Å². The summed E-state index contributed by atoms with van der Waals surface area (Å²) in [5, 5.41) is 0. The molecule has 0 radical (unpaired) electrons. The first-order valence-electron chi connectivity index (χ1n) is 5.63. The van der Waals surface area contributed by atoms with Gasteiger partial charge in [-0.2, -0.15) is 17.0 Å². The van der Waals surface area contributed by atoms with E-state index in [0.717, 1.165) is 9.87 Å². The molecule has 1 aromatic rings. The number of carbonyl (C=O) groups excluding carboxylic acids is 1. The summed E-state index contributed by atoms with van der Waals surface area (Å²) in [5.74, 6) is -0.445. The highest BCUT2D eigenvalue weighted by atomic mass is 32.2. The number of carbonyl (C=O) groups is 1. The smallest absolute Gasteiger partial charge is 0.306 e. The van der Waals surface area contributed by atoms with E-state index in [1.807, 2.05) is 0 Å². The van der Waals surface area contributed by atoms with Gasteiger partial charge in [0, 0.05) is 32.7 Å². The minimum atomic E-state index is -3.60. The second-order valence-corrected chi connectivity index (χ2v) is 6.19. The van der Waals surface area contributed by atoms with E-state index in [0.29, 0.717) is 0 Å².